The number of carbonyl (C=O) groups excluding carboxylic acids is 1. The Bertz CT molecular complexity index is 795. The summed E-state index contributed by atoms with van der Waals surface area (Å²) in [5, 5.41) is 6.86. The van der Waals surface area contributed by atoms with Crippen molar-refractivity contribution < 1.29 is 9.32 Å². The van der Waals surface area contributed by atoms with Gasteiger partial charge in [0, 0.05) is 4.88 Å². The summed E-state index contributed by atoms with van der Waals surface area (Å²) in [5.74, 6) is 0.904. The van der Waals surface area contributed by atoms with E-state index in [1.54, 1.807) is 0 Å². The van der Waals surface area contributed by atoms with Gasteiger partial charge in [-0.15, -0.1) is 11.3 Å². The van der Waals surface area contributed by atoms with Gasteiger partial charge in [-0.05, 0) is 31.5 Å². The van der Waals surface area contributed by atoms with Crippen molar-refractivity contribution in [3.05, 3.63) is 69.5 Å². The van der Waals surface area contributed by atoms with Gasteiger partial charge in [0.1, 0.15) is 0 Å². The fourth-order valence-corrected chi connectivity index (χ4v) is 2.95. The number of hydrogen-bond acceptors (Lipinski definition) is 5. The number of amides is 1. The highest BCUT2D eigenvalue weighted by atomic mass is 32.1. The molecule has 6 heteroatoms. The van der Waals surface area contributed by atoms with Crippen LogP contribution in [0.2, 0.25) is 0 Å². The first kappa shape index (κ1) is 15.4. The molecule has 3 rings (SSSR count). The van der Waals surface area contributed by atoms with Crippen LogP contribution in [-0.4, -0.2) is 16.0 Å². The first-order valence-electron chi connectivity index (χ1n) is 7.35. The Morgan fingerprint density at radius 2 is 2.04 bits per heavy atom. The van der Waals surface area contributed by atoms with E-state index < -0.39 is 0 Å². The second-order valence-corrected chi connectivity index (χ2v) is 6.60. The van der Waals surface area contributed by atoms with Crippen LogP contribution in [0.5, 0.6) is 0 Å². The van der Waals surface area contributed by atoms with Crippen LogP contribution in [0.15, 0.2) is 47.0 Å². The molecule has 2 aromatic heterocycles. The first-order valence-corrected chi connectivity index (χ1v) is 8.17. The standard InChI is InChI=1S/C17H17N3O2S/c1-11-8-9-14(23-11)17(21)18-12(2)16-19-15(22-20-16)10-13-6-4-3-5-7-13/h3-9,12H,10H2,1-2H3,(H,18,21)/t12-/m1/s1. The Kier molecular flexibility index (Phi) is 4.52. The van der Waals surface area contributed by atoms with Crippen LogP contribution >= 0.6 is 11.3 Å². The molecule has 0 saturated carbocycles. The van der Waals surface area contributed by atoms with Gasteiger partial charge in [0.05, 0.1) is 17.3 Å². The van der Waals surface area contributed by atoms with Crippen molar-refractivity contribution in [2.75, 3.05) is 0 Å². The van der Waals surface area contributed by atoms with Crippen LogP contribution in [0.4, 0.5) is 0 Å². The fourth-order valence-electron chi connectivity index (χ4n) is 2.18. The molecule has 118 valence electrons. The Labute approximate surface area is 138 Å². The van der Waals surface area contributed by atoms with Gasteiger partial charge in [-0.3, -0.25) is 4.79 Å². The molecule has 0 bridgehead atoms. The molecule has 3 aromatic rings. The third kappa shape index (κ3) is 3.84. The zero-order chi connectivity index (χ0) is 16.2. The molecule has 0 aliphatic rings. The smallest absolute Gasteiger partial charge is 0.261 e. The molecule has 0 radical (unpaired) electrons. The molecule has 1 aromatic carbocycles. The summed E-state index contributed by atoms with van der Waals surface area (Å²) >= 11 is 1.46. The quantitative estimate of drug-likeness (QED) is 0.778. The minimum Gasteiger partial charge on any atom is -0.341 e. The molecule has 23 heavy (non-hydrogen) atoms. The fraction of sp³-hybridized carbons (Fsp3) is 0.235. The van der Waals surface area contributed by atoms with E-state index in [-0.39, 0.29) is 11.9 Å². The Morgan fingerprint density at radius 3 is 2.74 bits per heavy atom. The summed E-state index contributed by atoms with van der Waals surface area (Å²) in [5.41, 5.74) is 1.11. The Balaban J connectivity index is 1.64. The van der Waals surface area contributed by atoms with Gasteiger partial charge in [-0.1, -0.05) is 35.5 Å². The SMILES string of the molecule is Cc1ccc(C(=O)N[C@H](C)c2noc(Cc3ccccc3)n2)s1. The van der Waals surface area contributed by atoms with Gasteiger partial charge in [0.2, 0.25) is 5.89 Å². The number of carbonyl (C=O) groups is 1. The zero-order valence-electron chi connectivity index (χ0n) is 12.9. The average molecular weight is 327 g/mol. The van der Waals surface area contributed by atoms with Crippen molar-refractivity contribution in [1.82, 2.24) is 15.5 Å². The summed E-state index contributed by atoms with van der Waals surface area (Å²) in [6, 6.07) is 13.4. The molecule has 1 N–H and O–H groups in total. The third-order valence-corrected chi connectivity index (χ3v) is 4.38. The van der Waals surface area contributed by atoms with Gasteiger partial charge < -0.3 is 9.84 Å². The van der Waals surface area contributed by atoms with E-state index in [9.17, 15) is 4.79 Å². The van der Waals surface area contributed by atoms with Crippen LogP contribution in [0.3, 0.4) is 0 Å². The summed E-state index contributed by atoms with van der Waals surface area (Å²) in [7, 11) is 0. The summed E-state index contributed by atoms with van der Waals surface area (Å²) in [6.07, 6.45) is 0.582. The minimum atomic E-state index is -0.307. The van der Waals surface area contributed by atoms with Crippen LogP contribution in [-0.2, 0) is 6.42 Å². The average Bonchev–Trinajstić information content (AvgIpc) is 3.17. The van der Waals surface area contributed by atoms with Gasteiger partial charge in [0.15, 0.2) is 5.82 Å². The minimum absolute atomic E-state index is 0.120. The van der Waals surface area contributed by atoms with E-state index in [1.165, 1.54) is 11.3 Å². The number of nitrogens with one attached hydrogen (secondary N) is 1. The first-order chi connectivity index (χ1) is 11.1. The second kappa shape index (κ2) is 6.75. The molecule has 1 atom stereocenters. The van der Waals surface area contributed by atoms with Crippen molar-refractivity contribution in [3.63, 3.8) is 0 Å². The van der Waals surface area contributed by atoms with Crippen LogP contribution in [0.1, 0.15) is 44.8 Å². The maximum absolute atomic E-state index is 12.2. The van der Waals surface area contributed by atoms with Gasteiger partial charge >= 0.3 is 0 Å². The molecule has 0 fully saturated rings. The monoisotopic (exact) mass is 327 g/mol. The number of rotatable bonds is 5. The zero-order valence-corrected chi connectivity index (χ0v) is 13.8. The molecular weight excluding hydrogens is 310 g/mol. The highest BCUT2D eigenvalue weighted by molar-refractivity contribution is 7.13. The van der Waals surface area contributed by atoms with Crippen LogP contribution < -0.4 is 5.32 Å². The van der Waals surface area contributed by atoms with E-state index in [4.69, 9.17) is 4.52 Å². The second-order valence-electron chi connectivity index (χ2n) is 5.31. The van der Waals surface area contributed by atoms with Crippen molar-refractivity contribution in [1.29, 1.82) is 0 Å². The molecule has 0 unspecified atom stereocenters. The predicted molar refractivity (Wildman–Crippen MR) is 88.5 cm³/mol. The lowest BCUT2D eigenvalue weighted by Crippen LogP contribution is -2.26. The van der Waals surface area contributed by atoms with Crippen LogP contribution in [0, 0.1) is 6.92 Å². The number of aryl methyl sites for hydroxylation is 1. The summed E-state index contributed by atoms with van der Waals surface area (Å²) in [6.45, 7) is 3.81. The lowest BCUT2D eigenvalue weighted by atomic mass is 10.1. The largest absolute Gasteiger partial charge is 0.341 e. The maximum Gasteiger partial charge on any atom is 0.261 e. The molecular formula is C17H17N3O2S. The van der Waals surface area contributed by atoms with Gasteiger partial charge in [-0.2, -0.15) is 4.98 Å². The Hall–Kier alpha value is -2.47. The maximum atomic E-state index is 12.2. The van der Waals surface area contributed by atoms with E-state index in [1.807, 2.05) is 56.3 Å². The molecule has 2 heterocycles. The van der Waals surface area contributed by atoms with Crippen molar-refractivity contribution in [2.24, 2.45) is 0 Å². The Morgan fingerprint density at radius 1 is 1.26 bits per heavy atom. The van der Waals surface area contributed by atoms with Gasteiger partial charge in [-0.25, -0.2) is 0 Å². The lowest BCUT2D eigenvalue weighted by Gasteiger charge is -2.08. The van der Waals surface area contributed by atoms with E-state index in [0.717, 1.165) is 10.4 Å². The summed E-state index contributed by atoms with van der Waals surface area (Å²) < 4.78 is 5.27. The lowest BCUT2D eigenvalue weighted by molar-refractivity contribution is 0.0942. The molecule has 0 aliphatic heterocycles. The van der Waals surface area contributed by atoms with E-state index in [0.29, 0.717) is 23.0 Å². The molecule has 1 amide bonds. The third-order valence-electron chi connectivity index (χ3n) is 3.38. The molecule has 5 nitrogen and oxygen atoms in total. The van der Waals surface area contributed by atoms with E-state index in [2.05, 4.69) is 15.5 Å². The predicted octanol–water partition coefficient (Wildman–Crippen LogP) is 3.52. The molecule has 0 saturated heterocycles. The van der Waals surface area contributed by atoms with Gasteiger partial charge in [0.25, 0.3) is 5.91 Å². The highest BCUT2D eigenvalue weighted by Gasteiger charge is 2.18. The number of thiophene rings is 1. The van der Waals surface area contributed by atoms with Crippen molar-refractivity contribution in [2.45, 2.75) is 26.3 Å². The number of hydrogen-bond donors (Lipinski definition) is 1. The van der Waals surface area contributed by atoms with E-state index >= 15 is 0 Å². The molecule has 0 spiro atoms. The summed E-state index contributed by atoms with van der Waals surface area (Å²) in [4.78, 5) is 18.3. The molecule has 0 aliphatic carbocycles. The normalized spacial score (nSPS) is 12.1. The van der Waals surface area contributed by atoms with Crippen molar-refractivity contribution in [3.8, 4) is 0 Å². The number of aromatic nitrogens is 2. The number of benzene rings is 1. The van der Waals surface area contributed by atoms with Crippen LogP contribution in [0.25, 0.3) is 0 Å². The number of nitrogens with zero attached hydrogens (tertiary/aromatic N) is 2. The van der Waals surface area contributed by atoms with Crippen molar-refractivity contribution >= 4 is 17.2 Å². The topological polar surface area (TPSA) is 68.0 Å². The highest BCUT2D eigenvalue weighted by Crippen LogP contribution is 2.17.